The van der Waals surface area contributed by atoms with Crippen molar-refractivity contribution in [3.63, 3.8) is 0 Å². The molecule has 0 saturated carbocycles. The Morgan fingerprint density at radius 1 is 0.744 bits per heavy atom. The SMILES string of the molecule is C=CCOC(=O)N1CC(N2CC[C@@H]([P+](c3ccccc3)(c3ccccc3)c3ccccc3)C2=O)CN1C(=O)OCC=C.[Br-]. The summed E-state index contributed by atoms with van der Waals surface area (Å²) >= 11 is 0. The summed E-state index contributed by atoms with van der Waals surface area (Å²) in [5.74, 6) is 0.0191. The van der Waals surface area contributed by atoms with Gasteiger partial charge in [0.15, 0.2) is 5.66 Å². The first-order chi connectivity index (χ1) is 20.5. The third-order valence-electron chi connectivity index (χ3n) is 7.74. The summed E-state index contributed by atoms with van der Waals surface area (Å²) in [7, 11) is -2.46. The second-order valence-electron chi connectivity index (χ2n) is 10.1. The van der Waals surface area contributed by atoms with Crippen molar-refractivity contribution in [3.05, 3.63) is 116 Å². The smallest absolute Gasteiger partial charge is 0.429 e. The molecule has 0 spiro atoms. The third-order valence-corrected chi connectivity index (χ3v) is 12.5. The van der Waals surface area contributed by atoms with Crippen molar-refractivity contribution >= 4 is 41.3 Å². The quantitative estimate of drug-likeness (QED) is 0.254. The molecule has 2 fully saturated rings. The van der Waals surface area contributed by atoms with Crippen LogP contribution in [0.4, 0.5) is 9.59 Å². The molecule has 2 heterocycles. The highest BCUT2D eigenvalue weighted by atomic mass is 79.9. The number of hydrogen-bond donors (Lipinski definition) is 0. The van der Waals surface area contributed by atoms with E-state index in [1.807, 2.05) is 59.5 Å². The summed E-state index contributed by atoms with van der Waals surface area (Å²) in [6, 6.07) is 30.6. The van der Waals surface area contributed by atoms with E-state index in [0.29, 0.717) is 13.0 Å². The summed E-state index contributed by atoms with van der Waals surface area (Å²) in [6.45, 7) is 7.91. The molecule has 3 aromatic carbocycles. The average molecular weight is 665 g/mol. The number of likely N-dealkylation sites (tertiary alicyclic amines) is 1. The monoisotopic (exact) mass is 663 g/mol. The molecule has 3 amide bonds. The molecule has 1 atom stereocenters. The zero-order valence-corrected chi connectivity index (χ0v) is 26.3. The van der Waals surface area contributed by atoms with Crippen LogP contribution in [0, 0.1) is 0 Å². The van der Waals surface area contributed by atoms with Gasteiger partial charge in [0.1, 0.15) is 36.4 Å². The van der Waals surface area contributed by atoms with Crippen molar-refractivity contribution in [3.8, 4) is 0 Å². The number of hydrazine groups is 1. The van der Waals surface area contributed by atoms with Crippen LogP contribution in [0.15, 0.2) is 116 Å². The fourth-order valence-corrected chi connectivity index (χ4v) is 10.9. The minimum atomic E-state index is -2.46. The van der Waals surface area contributed by atoms with Crippen molar-refractivity contribution in [1.82, 2.24) is 14.9 Å². The van der Waals surface area contributed by atoms with Crippen LogP contribution in [0.25, 0.3) is 0 Å². The van der Waals surface area contributed by atoms with Crippen LogP contribution in [0.3, 0.4) is 0 Å². The predicted molar refractivity (Wildman–Crippen MR) is 166 cm³/mol. The number of halogens is 1. The molecular weight excluding hydrogens is 629 g/mol. The van der Waals surface area contributed by atoms with Crippen molar-refractivity contribution in [1.29, 1.82) is 0 Å². The van der Waals surface area contributed by atoms with Gasteiger partial charge in [-0.15, -0.1) is 0 Å². The van der Waals surface area contributed by atoms with Crippen molar-refractivity contribution in [2.75, 3.05) is 32.8 Å². The molecule has 0 aromatic heterocycles. The maximum Gasteiger partial charge on any atom is 0.429 e. The summed E-state index contributed by atoms with van der Waals surface area (Å²) in [4.78, 5) is 42.3. The highest BCUT2D eigenvalue weighted by Gasteiger charge is 2.60. The fourth-order valence-electron chi connectivity index (χ4n) is 5.99. The summed E-state index contributed by atoms with van der Waals surface area (Å²) in [6.07, 6.45) is 2.16. The van der Waals surface area contributed by atoms with E-state index in [4.69, 9.17) is 9.47 Å². The predicted octanol–water partition coefficient (Wildman–Crippen LogP) is 1.13. The Labute approximate surface area is 263 Å². The Morgan fingerprint density at radius 2 is 1.14 bits per heavy atom. The Bertz CT molecular complexity index is 1300. The molecule has 8 nitrogen and oxygen atoms in total. The average Bonchev–Trinajstić information content (AvgIpc) is 3.65. The lowest BCUT2D eigenvalue weighted by Crippen LogP contribution is -3.00. The maximum absolute atomic E-state index is 14.6. The van der Waals surface area contributed by atoms with Crippen LogP contribution in [0.2, 0.25) is 0 Å². The summed E-state index contributed by atoms with van der Waals surface area (Å²) in [5, 5.41) is 5.84. The van der Waals surface area contributed by atoms with E-state index in [1.165, 1.54) is 22.2 Å². The van der Waals surface area contributed by atoms with Crippen LogP contribution in [-0.4, -0.2) is 77.6 Å². The van der Waals surface area contributed by atoms with Crippen LogP contribution in [0.5, 0.6) is 0 Å². The topological polar surface area (TPSA) is 79.4 Å². The van der Waals surface area contributed by atoms with Gasteiger partial charge >= 0.3 is 12.2 Å². The van der Waals surface area contributed by atoms with Gasteiger partial charge < -0.3 is 31.4 Å². The number of amides is 3. The third kappa shape index (κ3) is 6.24. The zero-order chi connectivity index (χ0) is 29.5. The van der Waals surface area contributed by atoms with Crippen LogP contribution >= 0.6 is 7.26 Å². The first-order valence-electron chi connectivity index (χ1n) is 14.0. The normalized spacial score (nSPS) is 16.9. The van der Waals surface area contributed by atoms with Gasteiger partial charge in [-0.05, 0) is 36.4 Å². The molecule has 43 heavy (non-hydrogen) atoms. The van der Waals surface area contributed by atoms with Crippen LogP contribution in [-0.2, 0) is 14.3 Å². The van der Waals surface area contributed by atoms with Crippen molar-refractivity contribution in [2.24, 2.45) is 0 Å². The lowest BCUT2D eigenvalue weighted by molar-refractivity contribution is -0.129. The largest absolute Gasteiger partial charge is 1.00 e. The van der Waals surface area contributed by atoms with Gasteiger partial charge in [-0.3, -0.25) is 4.79 Å². The Hall–Kier alpha value is -3.94. The zero-order valence-electron chi connectivity index (χ0n) is 23.8. The van der Waals surface area contributed by atoms with E-state index in [1.54, 1.807) is 0 Å². The van der Waals surface area contributed by atoms with Gasteiger partial charge in [0.25, 0.3) is 5.91 Å². The fraction of sp³-hybridized carbons (Fsp3) is 0.242. The van der Waals surface area contributed by atoms with E-state index in [2.05, 4.69) is 49.6 Å². The molecule has 2 aliphatic heterocycles. The summed E-state index contributed by atoms with van der Waals surface area (Å²) in [5.41, 5.74) is -0.312. The molecule has 0 radical (unpaired) electrons. The van der Waals surface area contributed by atoms with Crippen LogP contribution in [0.1, 0.15) is 6.42 Å². The van der Waals surface area contributed by atoms with Gasteiger partial charge in [0, 0.05) is 13.0 Å². The minimum absolute atomic E-state index is 0. The first kappa shape index (κ1) is 32.0. The number of carbonyl (C=O) groups is 3. The lowest BCUT2D eigenvalue weighted by atomic mass is 10.3. The molecule has 0 aliphatic carbocycles. The lowest BCUT2D eigenvalue weighted by Gasteiger charge is -2.32. The van der Waals surface area contributed by atoms with E-state index in [9.17, 15) is 14.4 Å². The number of carbonyl (C=O) groups excluding carboxylic acids is 3. The van der Waals surface area contributed by atoms with Gasteiger partial charge in [-0.2, -0.15) is 0 Å². The number of benzene rings is 3. The number of hydrogen-bond acceptors (Lipinski definition) is 5. The van der Waals surface area contributed by atoms with Gasteiger partial charge in [-0.1, -0.05) is 79.9 Å². The number of rotatable bonds is 9. The van der Waals surface area contributed by atoms with Crippen molar-refractivity contribution < 1.29 is 40.8 Å². The molecular formula is C33H35BrN3O5P. The second-order valence-corrected chi connectivity index (χ2v) is 13.7. The van der Waals surface area contributed by atoms with E-state index in [0.717, 1.165) is 15.9 Å². The number of nitrogens with zero attached hydrogens (tertiary/aromatic N) is 3. The maximum atomic E-state index is 14.6. The Morgan fingerprint density at radius 3 is 1.51 bits per heavy atom. The molecule has 0 bridgehead atoms. The minimum Gasteiger partial charge on any atom is -1.00 e. The van der Waals surface area contributed by atoms with Gasteiger partial charge in [-0.25, -0.2) is 19.6 Å². The first-order valence-corrected chi connectivity index (χ1v) is 15.8. The molecule has 2 saturated heterocycles. The molecule has 0 unspecified atom stereocenters. The molecule has 3 aromatic rings. The van der Waals surface area contributed by atoms with Gasteiger partial charge in [0.05, 0.1) is 19.1 Å². The van der Waals surface area contributed by atoms with E-state index >= 15 is 0 Å². The molecule has 0 N–H and O–H groups in total. The molecule has 224 valence electrons. The van der Waals surface area contributed by atoms with E-state index in [-0.39, 0.29) is 54.9 Å². The Kier molecular flexibility index (Phi) is 10.8. The van der Waals surface area contributed by atoms with E-state index < -0.39 is 25.5 Å². The molecule has 10 heteroatoms. The van der Waals surface area contributed by atoms with Crippen LogP contribution < -0.4 is 32.9 Å². The summed E-state index contributed by atoms with van der Waals surface area (Å²) < 4.78 is 10.5. The number of ether oxygens (including phenoxy) is 2. The Balaban J connectivity index is 0.00000423. The van der Waals surface area contributed by atoms with Crippen molar-refractivity contribution in [2.45, 2.75) is 18.1 Å². The highest BCUT2D eigenvalue weighted by molar-refractivity contribution is 7.96. The highest BCUT2D eigenvalue weighted by Crippen LogP contribution is 2.62. The molecule has 5 rings (SSSR count). The van der Waals surface area contributed by atoms with Gasteiger partial charge in [0.2, 0.25) is 0 Å². The molecule has 2 aliphatic rings. The second kappa shape index (κ2) is 14.5. The standard InChI is InChI=1S/C33H35N3O5P.BrH/c1-3-22-40-32(38)35-24-26(25-36(35)33(39)41-23-4-2)34-21-20-30(31(34)37)42(27-14-8-5-9-15-27,28-16-10-6-11-17-28)29-18-12-7-13-19-29;/h3-19,26,30H,1-2,20-25H2;1H/q+1;/p-1/t30-;/m1./s1.